The van der Waals surface area contributed by atoms with Gasteiger partial charge in [-0.1, -0.05) is 11.8 Å². The molecule has 0 radical (unpaired) electrons. The number of ether oxygens (including phenoxy) is 1. The lowest BCUT2D eigenvalue weighted by atomic mass is 10.2. The summed E-state index contributed by atoms with van der Waals surface area (Å²) in [5.74, 6) is 6.48. The van der Waals surface area contributed by atoms with E-state index in [-0.39, 0.29) is 11.9 Å². The molecule has 86 valence electrons. The van der Waals surface area contributed by atoms with Crippen molar-refractivity contribution in [2.45, 2.75) is 26.4 Å². The zero-order valence-electron chi connectivity index (χ0n) is 9.39. The van der Waals surface area contributed by atoms with Gasteiger partial charge >= 0.3 is 0 Å². The predicted octanol–water partition coefficient (Wildman–Crippen LogP) is 3.59. The van der Waals surface area contributed by atoms with Crippen molar-refractivity contribution in [3.05, 3.63) is 29.6 Å². The monoisotopic (exact) mass is 240 g/mol. The predicted molar refractivity (Wildman–Crippen MR) is 64.4 cm³/mol. The highest BCUT2D eigenvalue weighted by Gasteiger charge is 2.05. The van der Waals surface area contributed by atoms with Crippen molar-refractivity contribution in [1.82, 2.24) is 0 Å². The largest absolute Gasteiger partial charge is 0.490 e. The van der Waals surface area contributed by atoms with E-state index in [2.05, 4.69) is 11.8 Å². The zero-order valence-corrected chi connectivity index (χ0v) is 10.1. The van der Waals surface area contributed by atoms with Crippen molar-refractivity contribution in [3.63, 3.8) is 0 Å². The van der Waals surface area contributed by atoms with E-state index >= 15 is 0 Å². The van der Waals surface area contributed by atoms with Crippen LogP contribution in [0.1, 0.15) is 25.8 Å². The second-order valence-corrected chi connectivity index (χ2v) is 3.93. The van der Waals surface area contributed by atoms with Crippen molar-refractivity contribution >= 4 is 11.6 Å². The molecule has 16 heavy (non-hydrogen) atoms. The van der Waals surface area contributed by atoms with Crippen molar-refractivity contribution in [3.8, 4) is 17.6 Å². The van der Waals surface area contributed by atoms with Crippen LogP contribution < -0.4 is 4.74 Å². The topological polar surface area (TPSA) is 9.23 Å². The van der Waals surface area contributed by atoms with Gasteiger partial charge in [0.05, 0.1) is 11.7 Å². The van der Waals surface area contributed by atoms with Gasteiger partial charge in [-0.25, -0.2) is 4.39 Å². The molecule has 1 aromatic rings. The van der Waals surface area contributed by atoms with E-state index in [4.69, 9.17) is 16.3 Å². The molecule has 0 N–H and O–H groups in total. The summed E-state index contributed by atoms with van der Waals surface area (Å²) in [6, 6.07) is 4.34. The molecule has 0 spiro atoms. The summed E-state index contributed by atoms with van der Waals surface area (Å²) in [6.07, 6.45) is 0.607. The Kier molecular flexibility index (Phi) is 5.14. The Morgan fingerprint density at radius 1 is 1.44 bits per heavy atom. The Hall–Kier alpha value is -1.20. The smallest absolute Gasteiger partial charge is 0.138 e. The Morgan fingerprint density at radius 3 is 2.81 bits per heavy atom. The molecule has 0 saturated carbocycles. The summed E-state index contributed by atoms with van der Waals surface area (Å²) in [7, 11) is 0. The third-order valence-corrected chi connectivity index (χ3v) is 1.94. The van der Waals surface area contributed by atoms with E-state index in [0.29, 0.717) is 23.6 Å². The summed E-state index contributed by atoms with van der Waals surface area (Å²) in [6.45, 7) is 3.78. The van der Waals surface area contributed by atoms with E-state index in [0.717, 1.165) is 0 Å². The first-order valence-electron chi connectivity index (χ1n) is 5.14. The molecule has 1 aromatic carbocycles. The van der Waals surface area contributed by atoms with Crippen LogP contribution in [0.2, 0.25) is 0 Å². The first-order chi connectivity index (χ1) is 7.63. The number of hydrogen-bond donors (Lipinski definition) is 0. The van der Waals surface area contributed by atoms with Gasteiger partial charge in [-0.3, -0.25) is 0 Å². The summed E-state index contributed by atoms with van der Waals surface area (Å²) in [5, 5.41) is 0. The number of alkyl halides is 1. The van der Waals surface area contributed by atoms with Crippen LogP contribution in [0.4, 0.5) is 4.39 Å². The molecule has 0 amide bonds. The minimum absolute atomic E-state index is 0.00428. The zero-order chi connectivity index (χ0) is 12.0. The molecule has 0 aliphatic rings. The van der Waals surface area contributed by atoms with Crippen molar-refractivity contribution in [2.24, 2.45) is 0 Å². The Labute approximate surface area is 101 Å². The summed E-state index contributed by atoms with van der Waals surface area (Å²) in [5.41, 5.74) is 0.695. The average Bonchev–Trinajstić information content (AvgIpc) is 2.20. The molecule has 0 aliphatic carbocycles. The van der Waals surface area contributed by atoms with Gasteiger partial charge < -0.3 is 4.74 Å². The van der Waals surface area contributed by atoms with Gasteiger partial charge in [0.15, 0.2) is 0 Å². The van der Waals surface area contributed by atoms with E-state index in [1.54, 1.807) is 6.07 Å². The summed E-state index contributed by atoms with van der Waals surface area (Å²) < 4.78 is 18.5. The van der Waals surface area contributed by atoms with E-state index in [1.165, 1.54) is 12.1 Å². The molecule has 0 aromatic heterocycles. The second kappa shape index (κ2) is 6.40. The Bertz CT molecular complexity index is 404. The molecule has 0 saturated heterocycles. The Morgan fingerprint density at radius 2 is 2.19 bits per heavy atom. The van der Waals surface area contributed by atoms with Gasteiger partial charge in [0.25, 0.3) is 0 Å². The third kappa shape index (κ3) is 4.12. The van der Waals surface area contributed by atoms with E-state index < -0.39 is 0 Å². The minimum Gasteiger partial charge on any atom is -0.490 e. The van der Waals surface area contributed by atoms with Crippen LogP contribution in [-0.4, -0.2) is 12.0 Å². The molecule has 3 heteroatoms. The molecule has 0 atom stereocenters. The van der Waals surface area contributed by atoms with Crippen LogP contribution in [0.3, 0.4) is 0 Å². The van der Waals surface area contributed by atoms with Gasteiger partial charge in [-0.2, -0.15) is 0 Å². The van der Waals surface area contributed by atoms with Crippen LogP contribution in [-0.2, 0) is 0 Å². The second-order valence-electron chi connectivity index (χ2n) is 3.55. The van der Waals surface area contributed by atoms with Crippen LogP contribution in [0.5, 0.6) is 5.75 Å². The van der Waals surface area contributed by atoms with E-state index in [9.17, 15) is 4.39 Å². The molecule has 1 rings (SSSR count). The highest BCUT2D eigenvalue weighted by Crippen LogP contribution is 2.20. The van der Waals surface area contributed by atoms with Crippen molar-refractivity contribution in [2.75, 3.05) is 5.88 Å². The van der Waals surface area contributed by atoms with Crippen molar-refractivity contribution in [1.29, 1.82) is 0 Å². The van der Waals surface area contributed by atoms with Gasteiger partial charge in [0.2, 0.25) is 0 Å². The highest BCUT2D eigenvalue weighted by atomic mass is 35.5. The van der Waals surface area contributed by atoms with Gasteiger partial charge in [0.1, 0.15) is 11.6 Å². The fraction of sp³-hybridized carbons (Fsp3) is 0.385. The van der Waals surface area contributed by atoms with Crippen LogP contribution in [0.15, 0.2) is 18.2 Å². The van der Waals surface area contributed by atoms with E-state index in [1.807, 2.05) is 13.8 Å². The average molecular weight is 241 g/mol. The van der Waals surface area contributed by atoms with Crippen molar-refractivity contribution < 1.29 is 9.13 Å². The van der Waals surface area contributed by atoms with Gasteiger partial charge in [-0.15, -0.1) is 11.6 Å². The fourth-order valence-electron chi connectivity index (χ4n) is 1.16. The van der Waals surface area contributed by atoms with Crippen LogP contribution in [0.25, 0.3) is 0 Å². The molecule has 0 bridgehead atoms. The number of benzene rings is 1. The summed E-state index contributed by atoms with van der Waals surface area (Å²) >= 11 is 5.52. The standard InChI is InChI=1S/C13H14ClFO/c1-10(2)16-13-9-12(15)7-6-11(13)5-3-4-8-14/h6-7,9-10H,4,8H2,1-2H3. The fourth-order valence-corrected chi connectivity index (χ4v) is 1.25. The number of rotatable bonds is 3. The maximum absolute atomic E-state index is 13.0. The molecular weight excluding hydrogens is 227 g/mol. The quantitative estimate of drug-likeness (QED) is 0.580. The lowest BCUT2D eigenvalue weighted by molar-refractivity contribution is 0.240. The van der Waals surface area contributed by atoms with Crippen LogP contribution in [0, 0.1) is 17.7 Å². The molecule has 0 aliphatic heterocycles. The first kappa shape index (κ1) is 12.9. The number of hydrogen-bond acceptors (Lipinski definition) is 1. The highest BCUT2D eigenvalue weighted by molar-refractivity contribution is 6.18. The molecule has 0 unspecified atom stereocenters. The lowest BCUT2D eigenvalue weighted by Gasteiger charge is -2.11. The molecule has 0 fully saturated rings. The van der Waals surface area contributed by atoms with Crippen LogP contribution >= 0.6 is 11.6 Å². The van der Waals surface area contributed by atoms with Gasteiger partial charge in [0, 0.05) is 18.4 Å². The normalized spacial score (nSPS) is 9.81. The van der Waals surface area contributed by atoms with Gasteiger partial charge in [-0.05, 0) is 26.0 Å². The third-order valence-electron chi connectivity index (χ3n) is 1.75. The molecular formula is C13H14ClFO. The molecule has 0 heterocycles. The minimum atomic E-state index is -0.321. The molecule has 1 nitrogen and oxygen atoms in total. The Balaban J connectivity index is 2.94. The maximum atomic E-state index is 13.0. The SMILES string of the molecule is CC(C)Oc1cc(F)ccc1C#CCCCl. The summed E-state index contributed by atoms with van der Waals surface area (Å²) in [4.78, 5) is 0. The maximum Gasteiger partial charge on any atom is 0.138 e. The lowest BCUT2D eigenvalue weighted by Crippen LogP contribution is -2.07. The first-order valence-corrected chi connectivity index (χ1v) is 5.68. The number of halogens is 2.